The van der Waals surface area contributed by atoms with Gasteiger partial charge in [-0.3, -0.25) is 4.79 Å². The van der Waals surface area contributed by atoms with Crippen LogP contribution in [0.2, 0.25) is 10.0 Å². The van der Waals surface area contributed by atoms with Crippen molar-refractivity contribution >= 4 is 29.2 Å². The van der Waals surface area contributed by atoms with Gasteiger partial charge in [0, 0.05) is 15.6 Å². The Morgan fingerprint density at radius 3 is 2.29 bits per heavy atom. The van der Waals surface area contributed by atoms with Crippen LogP contribution in [-0.4, -0.2) is 16.2 Å². The molecule has 5 heteroatoms. The van der Waals surface area contributed by atoms with E-state index in [0.29, 0.717) is 0 Å². The highest BCUT2D eigenvalue weighted by Gasteiger charge is 2.17. The Balaban J connectivity index is 2.99. The van der Waals surface area contributed by atoms with Gasteiger partial charge < -0.3 is 10.2 Å². The maximum Gasteiger partial charge on any atom is 0.306 e. The summed E-state index contributed by atoms with van der Waals surface area (Å²) in [4.78, 5) is 10.4. The van der Waals surface area contributed by atoms with E-state index in [1.807, 2.05) is 0 Å². The Morgan fingerprint density at radius 2 is 1.86 bits per heavy atom. The second-order valence-electron chi connectivity index (χ2n) is 2.75. The molecule has 1 aromatic rings. The molecule has 76 valence electrons. The van der Waals surface area contributed by atoms with Crippen molar-refractivity contribution in [1.82, 2.24) is 0 Å². The number of aliphatic hydroxyl groups excluding tert-OH is 1. The lowest BCUT2D eigenvalue weighted by atomic mass is 10.1. The summed E-state index contributed by atoms with van der Waals surface area (Å²) in [6.45, 7) is 0. The van der Waals surface area contributed by atoms with Crippen molar-refractivity contribution in [3.05, 3.63) is 33.8 Å². The Kier molecular flexibility index (Phi) is 3.75. The lowest BCUT2D eigenvalue weighted by Crippen LogP contribution is -2.06. The van der Waals surface area contributed by atoms with Crippen molar-refractivity contribution in [2.75, 3.05) is 0 Å². The van der Waals surface area contributed by atoms with Crippen molar-refractivity contribution in [2.45, 2.75) is 12.5 Å². The van der Waals surface area contributed by atoms with Crippen LogP contribution in [0.15, 0.2) is 18.2 Å². The molecule has 1 rings (SSSR count). The van der Waals surface area contributed by atoms with Crippen molar-refractivity contribution in [1.29, 1.82) is 0 Å². The average molecular weight is 235 g/mol. The van der Waals surface area contributed by atoms with Crippen molar-refractivity contribution in [3.8, 4) is 0 Å². The average Bonchev–Trinajstić information content (AvgIpc) is 2.01. The van der Waals surface area contributed by atoms with Crippen LogP contribution in [0.4, 0.5) is 0 Å². The van der Waals surface area contributed by atoms with Gasteiger partial charge >= 0.3 is 5.97 Å². The van der Waals surface area contributed by atoms with Crippen molar-refractivity contribution in [3.63, 3.8) is 0 Å². The van der Waals surface area contributed by atoms with Gasteiger partial charge in [0.2, 0.25) is 0 Å². The van der Waals surface area contributed by atoms with Crippen LogP contribution in [0.3, 0.4) is 0 Å². The predicted molar refractivity (Wildman–Crippen MR) is 53.7 cm³/mol. The largest absolute Gasteiger partial charge is 0.481 e. The molecule has 0 heterocycles. The van der Waals surface area contributed by atoms with Crippen LogP contribution in [-0.2, 0) is 4.79 Å². The van der Waals surface area contributed by atoms with E-state index in [0.717, 1.165) is 0 Å². The van der Waals surface area contributed by atoms with E-state index in [1.54, 1.807) is 18.2 Å². The number of carboxylic acid groups (broad SMARTS) is 1. The van der Waals surface area contributed by atoms with E-state index in [-0.39, 0.29) is 15.6 Å². The highest BCUT2D eigenvalue weighted by molar-refractivity contribution is 6.36. The van der Waals surface area contributed by atoms with E-state index >= 15 is 0 Å². The lowest BCUT2D eigenvalue weighted by Gasteiger charge is -2.11. The van der Waals surface area contributed by atoms with Gasteiger partial charge in [-0.2, -0.15) is 0 Å². The fourth-order valence-electron chi connectivity index (χ4n) is 1.10. The van der Waals surface area contributed by atoms with Gasteiger partial charge in [0.1, 0.15) is 0 Å². The first-order valence-electron chi connectivity index (χ1n) is 3.86. The first-order chi connectivity index (χ1) is 6.52. The fraction of sp³-hybridized carbons (Fsp3) is 0.222. The molecule has 14 heavy (non-hydrogen) atoms. The molecule has 0 amide bonds. The Bertz CT molecular complexity index is 332. The minimum atomic E-state index is -1.17. The molecule has 0 saturated heterocycles. The maximum absolute atomic E-state index is 10.4. The molecule has 0 radical (unpaired) electrons. The second-order valence-corrected chi connectivity index (χ2v) is 3.56. The van der Waals surface area contributed by atoms with Crippen LogP contribution in [0.5, 0.6) is 0 Å². The van der Waals surface area contributed by atoms with Crippen LogP contribution < -0.4 is 0 Å². The monoisotopic (exact) mass is 234 g/mol. The topological polar surface area (TPSA) is 57.5 Å². The molecule has 3 nitrogen and oxygen atoms in total. The van der Waals surface area contributed by atoms with Gasteiger partial charge in [0.05, 0.1) is 12.5 Å². The summed E-state index contributed by atoms with van der Waals surface area (Å²) in [5.41, 5.74) is 0.262. The molecule has 1 aromatic carbocycles. The van der Waals surface area contributed by atoms with Crippen molar-refractivity contribution in [2.24, 2.45) is 0 Å². The summed E-state index contributed by atoms with van der Waals surface area (Å²) in [5.74, 6) is -1.10. The summed E-state index contributed by atoms with van der Waals surface area (Å²) in [7, 11) is 0. The highest BCUT2D eigenvalue weighted by atomic mass is 35.5. The van der Waals surface area contributed by atoms with Crippen LogP contribution in [0, 0.1) is 0 Å². The summed E-state index contributed by atoms with van der Waals surface area (Å²) >= 11 is 11.5. The zero-order valence-corrected chi connectivity index (χ0v) is 8.59. The van der Waals surface area contributed by atoms with Crippen LogP contribution >= 0.6 is 23.2 Å². The number of carboxylic acids is 1. The van der Waals surface area contributed by atoms with E-state index in [4.69, 9.17) is 28.3 Å². The molecule has 0 aliphatic heterocycles. The quantitative estimate of drug-likeness (QED) is 0.846. The molecule has 1 atom stereocenters. The number of aliphatic carboxylic acids is 1. The molecule has 0 aliphatic rings. The Morgan fingerprint density at radius 1 is 1.36 bits per heavy atom. The van der Waals surface area contributed by atoms with Crippen LogP contribution in [0.1, 0.15) is 18.1 Å². The second kappa shape index (κ2) is 4.64. The number of benzene rings is 1. The first kappa shape index (κ1) is 11.3. The Hall–Kier alpha value is -0.770. The number of hydrogen-bond donors (Lipinski definition) is 2. The molecule has 0 aromatic heterocycles. The maximum atomic E-state index is 10.4. The number of carbonyl (C=O) groups is 1. The number of aliphatic hydroxyl groups is 1. The van der Waals surface area contributed by atoms with E-state index < -0.39 is 18.5 Å². The van der Waals surface area contributed by atoms with Crippen LogP contribution in [0.25, 0.3) is 0 Å². The van der Waals surface area contributed by atoms with E-state index in [1.165, 1.54) is 0 Å². The van der Waals surface area contributed by atoms with Gasteiger partial charge in [0.15, 0.2) is 0 Å². The van der Waals surface area contributed by atoms with Gasteiger partial charge in [-0.05, 0) is 12.1 Å². The minimum Gasteiger partial charge on any atom is -0.481 e. The van der Waals surface area contributed by atoms with E-state index in [2.05, 4.69) is 0 Å². The number of hydrogen-bond acceptors (Lipinski definition) is 2. The molecule has 0 bridgehead atoms. The number of halogens is 2. The molecular weight excluding hydrogens is 227 g/mol. The molecule has 2 N–H and O–H groups in total. The van der Waals surface area contributed by atoms with E-state index in [9.17, 15) is 9.90 Å². The first-order valence-corrected chi connectivity index (χ1v) is 4.61. The normalized spacial score (nSPS) is 12.5. The molecule has 0 aliphatic carbocycles. The third-order valence-electron chi connectivity index (χ3n) is 1.70. The third kappa shape index (κ3) is 2.61. The summed E-state index contributed by atoms with van der Waals surface area (Å²) in [6.07, 6.45) is -1.59. The van der Waals surface area contributed by atoms with Gasteiger partial charge in [-0.1, -0.05) is 29.3 Å². The van der Waals surface area contributed by atoms with Gasteiger partial charge in [-0.25, -0.2) is 0 Å². The van der Waals surface area contributed by atoms with Crippen molar-refractivity contribution < 1.29 is 15.0 Å². The minimum absolute atomic E-state index is 0.262. The zero-order valence-electron chi connectivity index (χ0n) is 7.08. The molecule has 0 saturated carbocycles. The molecule has 0 fully saturated rings. The molecule has 0 spiro atoms. The standard InChI is InChI=1S/C9H8Cl2O3/c10-5-2-1-3-6(11)9(5)7(12)4-8(13)14/h1-3,7,12H,4H2,(H,13,14)/t7-/m1/s1. The SMILES string of the molecule is O=C(O)C[C@@H](O)c1c(Cl)cccc1Cl. The lowest BCUT2D eigenvalue weighted by molar-refractivity contribution is -0.139. The zero-order chi connectivity index (χ0) is 10.7. The smallest absolute Gasteiger partial charge is 0.306 e. The Labute approximate surface area is 90.9 Å². The molecule has 0 unspecified atom stereocenters. The third-order valence-corrected chi connectivity index (χ3v) is 2.36. The summed E-state index contributed by atoms with van der Waals surface area (Å²) in [5, 5.41) is 18.5. The van der Waals surface area contributed by atoms with Gasteiger partial charge in [-0.15, -0.1) is 0 Å². The predicted octanol–water partition coefficient (Wildman–Crippen LogP) is 2.50. The van der Waals surface area contributed by atoms with Gasteiger partial charge in [0.25, 0.3) is 0 Å². The summed E-state index contributed by atoms with van der Waals surface area (Å²) in [6, 6.07) is 4.73. The number of rotatable bonds is 3. The highest BCUT2D eigenvalue weighted by Crippen LogP contribution is 2.31. The summed E-state index contributed by atoms with van der Waals surface area (Å²) < 4.78 is 0. The molecular formula is C9H8Cl2O3. The fourth-order valence-corrected chi connectivity index (χ4v) is 1.75.